The van der Waals surface area contributed by atoms with E-state index >= 15 is 0 Å². The predicted molar refractivity (Wildman–Crippen MR) is 91.2 cm³/mol. The van der Waals surface area contributed by atoms with Crippen molar-refractivity contribution in [2.75, 3.05) is 5.75 Å². The number of nitro benzene ring substituents is 1. The summed E-state index contributed by atoms with van der Waals surface area (Å²) in [6, 6.07) is 9.64. The molecule has 0 atom stereocenters. The number of ketones is 1. The van der Waals surface area contributed by atoms with Crippen molar-refractivity contribution < 1.29 is 24.0 Å². The van der Waals surface area contributed by atoms with Crippen molar-refractivity contribution in [2.24, 2.45) is 0 Å². The van der Waals surface area contributed by atoms with Crippen LogP contribution in [-0.2, 0) is 4.79 Å². The molecule has 2 aromatic carbocycles. The number of aliphatic carboxylic acids is 1. The Bertz CT molecular complexity index is 866. The summed E-state index contributed by atoms with van der Waals surface area (Å²) in [6.45, 7) is 0. The maximum absolute atomic E-state index is 13.9. The zero-order chi connectivity index (χ0) is 18.4. The molecule has 0 spiro atoms. The van der Waals surface area contributed by atoms with Gasteiger partial charge in [-0.3, -0.25) is 19.7 Å². The van der Waals surface area contributed by atoms with E-state index in [1.54, 1.807) is 6.07 Å². The number of hydrogen-bond acceptors (Lipinski definition) is 5. The molecule has 0 heterocycles. The first kappa shape index (κ1) is 18.3. The van der Waals surface area contributed by atoms with Crippen LogP contribution in [0.15, 0.2) is 53.4 Å². The Morgan fingerprint density at radius 3 is 2.60 bits per heavy atom. The average Bonchev–Trinajstić information content (AvgIpc) is 2.58. The van der Waals surface area contributed by atoms with Crippen molar-refractivity contribution in [3.05, 3.63) is 75.6 Å². The van der Waals surface area contributed by atoms with Gasteiger partial charge in [-0.25, -0.2) is 4.39 Å². The molecule has 0 aromatic heterocycles. The van der Waals surface area contributed by atoms with Gasteiger partial charge in [-0.1, -0.05) is 12.1 Å². The van der Waals surface area contributed by atoms with Gasteiger partial charge >= 0.3 is 5.97 Å². The zero-order valence-corrected chi connectivity index (χ0v) is 13.5. The molecule has 0 unspecified atom stereocenters. The summed E-state index contributed by atoms with van der Waals surface area (Å²) in [5, 5.41) is 19.5. The van der Waals surface area contributed by atoms with Crippen LogP contribution in [-0.4, -0.2) is 27.5 Å². The number of carbonyl (C=O) groups excluding carboxylic acids is 1. The standard InChI is InChI=1S/C17H12FNO5S/c18-13-9-12(6-8-16(13)25-10-17(21)22)15(20)7-5-11-3-1-2-4-14(11)19(23)24/h1-9H,10H2,(H,21,22)/b7-5+. The third-order valence-electron chi connectivity index (χ3n) is 3.12. The average molecular weight is 361 g/mol. The highest BCUT2D eigenvalue weighted by molar-refractivity contribution is 8.00. The monoisotopic (exact) mass is 361 g/mol. The second-order valence-electron chi connectivity index (χ2n) is 4.84. The predicted octanol–water partition coefficient (Wildman–Crippen LogP) is 3.81. The van der Waals surface area contributed by atoms with Gasteiger partial charge in [0.25, 0.3) is 5.69 Å². The minimum atomic E-state index is -1.07. The molecule has 6 nitrogen and oxygen atoms in total. The fourth-order valence-corrected chi connectivity index (χ4v) is 2.61. The number of carbonyl (C=O) groups is 2. The number of allylic oxidation sites excluding steroid dienone is 1. The van der Waals surface area contributed by atoms with Gasteiger partial charge in [-0.2, -0.15) is 0 Å². The topological polar surface area (TPSA) is 97.5 Å². The number of carboxylic acids is 1. The number of hydrogen-bond donors (Lipinski definition) is 1. The molecule has 0 saturated heterocycles. The molecule has 0 saturated carbocycles. The number of halogens is 1. The van der Waals surface area contributed by atoms with Crippen LogP contribution < -0.4 is 0 Å². The Morgan fingerprint density at radius 1 is 1.24 bits per heavy atom. The fraction of sp³-hybridized carbons (Fsp3) is 0.0588. The van der Waals surface area contributed by atoms with E-state index in [9.17, 15) is 24.1 Å². The van der Waals surface area contributed by atoms with Gasteiger partial charge in [0.15, 0.2) is 5.78 Å². The molecule has 2 aromatic rings. The highest BCUT2D eigenvalue weighted by Gasteiger charge is 2.12. The van der Waals surface area contributed by atoms with Gasteiger partial charge < -0.3 is 5.11 Å². The van der Waals surface area contributed by atoms with Crippen LogP contribution in [0.5, 0.6) is 0 Å². The number of nitrogens with zero attached hydrogens (tertiary/aromatic N) is 1. The SMILES string of the molecule is O=C(O)CSc1ccc(C(=O)/C=C/c2ccccc2[N+](=O)[O-])cc1F. The summed E-state index contributed by atoms with van der Waals surface area (Å²) >= 11 is 0.812. The molecular formula is C17H12FNO5S. The van der Waals surface area contributed by atoms with Crippen molar-refractivity contribution in [1.82, 2.24) is 0 Å². The summed E-state index contributed by atoms with van der Waals surface area (Å²) < 4.78 is 13.9. The third-order valence-corrected chi connectivity index (χ3v) is 4.15. The number of carboxylic acid groups (broad SMARTS) is 1. The van der Waals surface area contributed by atoms with E-state index in [0.29, 0.717) is 0 Å². The van der Waals surface area contributed by atoms with Gasteiger partial charge in [0.2, 0.25) is 0 Å². The first-order valence-electron chi connectivity index (χ1n) is 6.98. The van der Waals surface area contributed by atoms with Gasteiger partial charge in [0, 0.05) is 16.5 Å². The van der Waals surface area contributed by atoms with Crippen LogP contribution >= 0.6 is 11.8 Å². The molecular weight excluding hydrogens is 349 g/mol. The summed E-state index contributed by atoms with van der Waals surface area (Å²) in [6.07, 6.45) is 2.42. The van der Waals surface area contributed by atoms with Crippen molar-refractivity contribution in [1.29, 1.82) is 0 Å². The van der Waals surface area contributed by atoms with E-state index in [0.717, 1.165) is 23.9 Å². The van der Waals surface area contributed by atoms with Crippen LogP contribution in [0.25, 0.3) is 6.08 Å². The molecule has 8 heteroatoms. The molecule has 1 N–H and O–H groups in total. The fourth-order valence-electron chi connectivity index (χ4n) is 1.97. The highest BCUT2D eigenvalue weighted by Crippen LogP contribution is 2.23. The maximum atomic E-state index is 13.9. The highest BCUT2D eigenvalue weighted by atomic mass is 32.2. The van der Waals surface area contributed by atoms with Gasteiger partial charge in [0.05, 0.1) is 16.2 Å². The number of para-hydroxylation sites is 1. The second-order valence-corrected chi connectivity index (χ2v) is 5.86. The van der Waals surface area contributed by atoms with E-state index in [-0.39, 0.29) is 27.5 Å². The van der Waals surface area contributed by atoms with E-state index < -0.39 is 22.5 Å². The summed E-state index contributed by atoms with van der Waals surface area (Å²) in [7, 11) is 0. The maximum Gasteiger partial charge on any atom is 0.313 e. The molecule has 0 fully saturated rings. The smallest absolute Gasteiger partial charge is 0.313 e. The lowest BCUT2D eigenvalue weighted by Gasteiger charge is -2.03. The van der Waals surface area contributed by atoms with Crippen LogP contribution in [0.1, 0.15) is 15.9 Å². The third kappa shape index (κ3) is 4.98. The van der Waals surface area contributed by atoms with Crippen molar-refractivity contribution in [3.63, 3.8) is 0 Å². The van der Waals surface area contributed by atoms with E-state index in [1.807, 2.05) is 0 Å². The van der Waals surface area contributed by atoms with Crippen molar-refractivity contribution in [3.8, 4) is 0 Å². The van der Waals surface area contributed by atoms with E-state index in [1.165, 1.54) is 36.4 Å². The largest absolute Gasteiger partial charge is 0.481 e. The summed E-state index contributed by atoms with van der Waals surface area (Å²) in [4.78, 5) is 33.1. The molecule has 0 aliphatic rings. The van der Waals surface area contributed by atoms with E-state index in [2.05, 4.69) is 0 Å². The van der Waals surface area contributed by atoms with Crippen LogP contribution in [0.2, 0.25) is 0 Å². The van der Waals surface area contributed by atoms with Gasteiger partial charge in [-0.05, 0) is 36.4 Å². The number of rotatable bonds is 7. The minimum Gasteiger partial charge on any atom is -0.481 e. The van der Waals surface area contributed by atoms with Gasteiger partial charge in [-0.15, -0.1) is 11.8 Å². The number of thioether (sulfide) groups is 1. The Morgan fingerprint density at radius 2 is 1.96 bits per heavy atom. The first-order chi connectivity index (χ1) is 11.9. The minimum absolute atomic E-state index is 0.0620. The van der Waals surface area contributed by atoms with Crippen molar-refractivity contribution >= 4 is 35.3 Å². The Hall–Kier alpha value is -3.00. The second kappa shape index (κ2) is 8.20. The molecule has 0 bridgehead atoms. The lowest BCUT2D eigenvalue weighted by Crippen LogP contribution is -2.00. The molecule has 128 valence electrons. The molecule has 0 aliphatic heterocycles. The number of benzene rings is 2. The zero-order valence-electron chi connectivity index (χ0n) is 12.7. The summed E-state index contributed by atoms with van der Waals surface area (Å²) in [5.74, 6) is -2.58. The molecule has 2 rings (SSSR count). The molecule has 0 amide bonds. The van der Waals surface area contributed by atoms with E-state index in [4.69, 9.17) is 5.11 Å². The van der Waals surface area contributed by atoms with Crippen LogP contribution in [0.4, 0.5) is 10.1 Å². The Labute approximate surface area is 146 Å². The number of nitro groups is 1. The lowest BCUT2D eigenvalue weighted by atomic mass is 10.1. The Kier molecular flexibility index (Phi) is 6.02. The molecule has 25 heavy (non-hydrogen) atoms. The molecule has 0 aliphatic carbocycles. The Balaban J connectivity index is 2.17. The van der Waals surface area contributed by atoms with Crippen LogP contribution in [0, 0.1) is 15.9 Å². The van der Waals surface area contributed by atoms with Gasteiger partial charge in [0.1, 0.15) is 5.82 Å². The quantitative estimate of drug-likeness (QED) is 0.265. The molecule has 0 radical (unpaired) electrons. The van der Waals surface area contributed by atoms with Crippen LogP contribution in [0.3, 0.4) is 0 Å². The first-order valence-corrected chi connectivity index (χ1v) is 7.97. The lowest BCUT2D eigenvalue weighted by molar-refractivity contribution is -0.385. The summed E-state index contributed by atoms with van der Waals surface area (Å²) in [5.41, 5.74) is 0.181. The van der Waals surface area contributed by atoms with Crippen molar-refractivity contribution in [2.45, 2.75) is 4.90 Å². The normalized spacial score (nSPS) is 10.8.